The van der Waals surface area contributed by atoms with Crippen molar-refractivity contribution in [1.29, 1.82) is 0 Å². The molecule has 0 unspecified atom stereocenters. The van der Waals surface area contributed by atoms with Gasteiger partial charge in [0.1, 0.15) is 5.82 Å². The summed E-state index contributed by atoms with van der Waals surface area (Å²) in [5.74, 6) is 0.907. The molecule has 1 fully saturated rings. The van der Waals surface area contributed by atoms with Crippen molar-refractivity contribution < 1.29 is 0 Å². The number of hydrogen-bond donors (Lipinski definition) is 1. The van der Waals surface area contributed by atoms with Crippen LogP contribution in [0, 0.1) is 6.92 Å². The zero-order valence-electron chi connectivity index (χ0n) is 10.9. The van der Waals surface area contributed by atoms with E-state index in [2.05, 4.69) is 33.0 Å². The molecule has 4 heteroatoms. The van der Waals surface area contributed by atoms with Crippen LogP contribution in [0.1, 0.15) is 24.4 Å². The van der Waals surface area contributed by atoms with Crippen LogP contribution in [0.15, 0.2) is 34.8 Å². The standard InChI is InChI=1S/C15H16BrN3/c1-10-7-13(11-3-2-4-12(16)8-11)19-14(18-10)15(9-17)5-6-15/h2-4,7-8H,5-6,9,17H2,1H3. The van der Waals surface area contributed by atoms with E-state index in [9.17, 15) is 0 Å². The van der Waals surface area contributed by atoms with Crippen LogP contribution in [0.25, 0.3) is 11.3 Å². The van der Waals surface area contributed by atoms with Gasteiger partial charge in [0.2, 0.25) is 0 Å². The molecule has 0 aliphatic heterocycles. The average Bonchev–Trinajstić information content (AvgIpc) is 3.19. The Bertz CT molecular complexity index is 621. The summed E-state index contributed by atoms with van der Waals surface area (Å²) in [5, 5.41) is 0. The van der Waals surface area contributed by atoms with E-state index in [0.717, 1.165) is 40.1 Å². The third-order valence-electron chi connectivity index (χ3n) is 3.69. The number of halogens is 1. The van der Waals surface area contributed by atoms with E-state index < -0.39 is 0 Å². The fourth-order valence-electron chi connectivity index (χ4n) is 2.27. The highest BCUT2D eigenvalue weighted by atomic mass is 79.9. The third-order valence-corrected chi connectivity index (χ3v) is 4.19. The number of hydrogen-bond acceptors (Lipinski definition) is 3. The Morgan fingerprint density at radius 2 is 2.05 bits per heavy atom. The Morgan fingerprint density at radius 3 is 2.68 bits per heavy atom. The number of aryl methyl sites for hydroxylation is 1. The lowest BCUT2D eigenvalue weighted by Gasteiger charge is -2.13. The average molecular weight is 318 g/mol. The Balaban J connectivity index is 2.08. The topological polar surface area (TPSA) is 51.8 Å². The largest absolute Gasteiger partial charge is 0.329 e. The first kappa shape index (κ1) is 12.8. The minimum absolute atomic E-state index is 0.0345. The molecule has 1 aliphatic rings. The van der Waals surface area contributed by atoms with Crippen molar-refractivity contribution in [3.05, 3.63) is 46.3 Å². The molecule has 0 amide bonds. The van der Waals surface area contributed by atoms with Crippen LogP contribution < -0.4 is 5.73 Å². The van der Waals surface area contributed by atoms with Gasteiger partial charge < -0.3 is 5.73 Å². The van der Waals surface area contributed by atoms with Gasteiger partial charge in [0.25, 0.3) is 0 Å². The minimum Gasteiger partial charge on any atom is -0.329 e. The van der Waals surface area contributed by atoms with Gasteiger partial charge in [-0.05, 0) is 38.0 Å². The SMILES string of the molecule is Cc1cc(-c2cccc(Br)c2)nc(C2(CN)CC2)n1. The van der Waals surface area contributed by atoms with E-state index in [1.165, 1.54) is 0 Å². The van der Waals surface area contributed by atoms with Crippen LogP contribution in [0.3, 0.4) is 0 Å². The second-order valence-corrected chi connectivity index (χ2v) is 6.13. The van der Waals surface area contributed by atoms with Gasteiger partial charge in [-0.3, -0.25) is 0 Å². The highest BCUT2D eigenvalue weighted by Crippen LogP contribution is 2.45. The Labute approximate surface area is 121 Å². The van der Waals surface area contributed by atoms with Gasteiger partial charge in [-0.1, -0.05) is 28.1 Å². The van der Waals surface area contributed by atoms with Crippen LogP contribution in [0.5, 0.6) is 0 Å². The zero-order chi connectivity index (χ0) is 13.5. The molecular weight excluding hydrogens is 302 g/mol. The van der Waals surface area contributed by atoms with Gasteiger partial charge in [-0.25, -0.2) is 9.97 Å². The summed E-state index contributed by atoms with van der Waals surface area (Å²) in [6.45, 7) is 2.65. The smallest absolute Gasteiger partial charge is 0.136 e. The molecule has 3 rings (SSSR count). The maximum absolute atomic E-state index is 5.88. The lowest BCUT2D eigenvalue weighted by molar-refractivity contribution is 0.646. The molecule has 98 valence electrons. The first-order valence-corrected chi connectivity index (χ1v) is 7.24. The fraction of sp³-hybridized carbons (Fsp3) is 0.333. The number of benzene rings is 1. The molecule has 19 heavy (non-hydrogen) atoms. The number of nitrogens with zero attached hydrogens (tertiary/aromatic N) is 2. The molecule has 2 N–H and O–H groups in total. The van der Waals surface area contributed by atoms with Crippen molar-refractivity contribution in [2.24, 2.45) is 5.73 Å². The van der Waals surface area contributed by atoms with Crippen molar-refractivity contribution in [2.75, 3.05) is 6.54 Å². The number of nitrogens with two attached hydrogens (primary N) is 1. The van der Waals surface area contributed by atoms with E-state index in [1.54, 1.807) is 0 Å². The summed E-state index contributed by atoms with van der Waals surface area (Å²) in [7, 11) is 0. The molecule has 1 aromatic carbocycles. The second kappa shape index (κ2) is 4.69. The molecule has 3 nitrogen and oxygen atoms in total. The third kappa shape index (κ3) is 2.42. The summed E-state index contributed by atoms with van der Waals surface area (Å²) >= 11 is 3.50. The molecule has 2 aromatic rings. The van der Waals surface area contributed by atoms with Gasteiger partial charge in [0.05, 0.1) is 5.69 Å². The van der Waals surface area contributed by atoms with Gasteiger partial charge >= 0.3 is 0 Å². The summed E-state index contributed by atoms with van der Waals surface area (Å²) < 4.78 is 1.06. The summed E-state index contributed by atoms with van der Waals surface area (Å²) in [6, 6.07) is 10.2. The number of aromatic nitrogens is 2. The Kier molecular flexibility index (Phi) is 3.15. The Morgan fingerprint density at radius 1 is 1.26 bits per heavy atom. The Hall–Kier alpha value is -1.26. The fourth-order valence-corrected chi connectivity index (χ4v) is 2.67. The zero-order valence-corrected chi connectivity index (χ0v) is 12.4. The minimum atomic E-state index is 0.0345. The molecule has 0 spiro atoms. The van der Waals surface area contributed by atoms with E-state index in [4.69, 9.17) is 10.7 Å². The predicted octanol–water partition coefficient (Wildman–Crippen LogP) is 3.20. The van der Waals surface area contributed by atoms with Gasteiger partial charge in [0.15, 0.2) is 0 Å². The van der Waals surface area contributed by atoms with Crippen molar-refractivity contribution in [3.63, 3.8) is 0 Å². The van der Waals surface area contributed by atoms with Crippen molar-refractivity contribution >= 4 is 15.9 Å². The molecule has 1 aromatic heterocycles. The lowest BCUT2D eigenvalue weighted by atomic mass is 10.1. The van der Waals surface area contributed by atoms with E-state index in [-0.39, 0.29) is 5.41 Å². The predicted molar refractivity (Wildman–Crippen MR) is 79.9 cm³/mol. The highest BCUT2D eigenvalue weighted by Gasteiger charge is 2.46. The molecule has 1 saturated carbocycles. The van der Waals surface area contributed by atoms with Crippen LogP contribution >= 0.6 is 15.9 Å². The normalized spacial score (nSPS) is 16.4. The lowest BCUT2D eigenvalue weighted by Crippen LogP contribution is -2.23. The molecule has 0 bridgehead atoms. The van der Waals surface area contributed by atoms with Crippen LogP contribution in [0.2, 0.25) is 0 Å². The molecule has 0 radical (unpaired) electrons. The maximum Gasteiger partial charge on any atom is 0.136 e. The molecule has 0 saturated heterocycles. The van der Waals surface area contributed by atoms with Crippen LogP contribution in [-0.2, 0) is 5.41 Å². The molecular formula is C15H16BrN3. The summed E-state index contributed by atoms with van der Waals surface area (Å²) in [5.41, 5.74) is 8.99. The monoisotopic (exact) mass is 317 g/mol. The van der Waals surface area contributed by atoms with Crippen LogP contribution in [0.4, 0.5) is 0 Å². The quantitative estimate of drug-likeness (QED) is 0.945. The second-order valence-electron chi connectivity index (χ2n) is 5.21. The van der Waals surface area contributed by atoms with Gasteiger partial charge in [-0.2, -0.15) is 0 Å². The maximum atomic E-state index is 5.88. The van der Waals surface area contributed by atoms with E-state index in [0.29, 0.717) is 6.54 Å². The van der Waals surface area contributed by atoms with E-state index >= 15 is 0 Å². The van der Waals surface area contributed by atoms with Crippen molar-refractivity contribution in [1.82, 2.24) is 9.97 Å². The van der Waals surface area contributed by atoms with Crippen molar-refractivity contribution in [3.8, 4) is 11.3 Å². The highest BCUT2D eigenvalue weighted by molar-refractivity contribution is 9.10. The van der Waals surface area contributed by atoms with Gasteiger partial charge in [0, 0.05) is 27.7 Å². The first-order valence-electron chi connectivity index (χ1n) is 6.45. The van der Waals surface area contributed by atoms with Gasteiger partial charge in [-0.15, -0.1) is 0 Å². The van der Waals surface area contributed by atoms with Crippen molar-refractivity contribution in [2.45, 2.75) is 25.2 Å². The van der Waals surface area contributed by atoms with E-state index in [1.807, 2.05) is 25.1 Å². The summed E-state index contributed by atoms with van der Waals surface area (Å²) in [4.78, 5) is 9.32. The first-order chi connectivity index (χ1) is 9.13. The number of rotatable bonds is 3. The summed E-state index contributed by atoms with van der Waals surface area (Å²) in [6.07, 6.45) is 2.20. The molecule has 0 atom stereocenters. The van der Waals surface area contributed by atoms with Crippen LogP contribution in [-0.4, -0.2) is 16.5 Å². The molecule has 1 aliphatic carbocycles. The molecule has 1 heterocycles.